The first-order chi connectivity index (χ1) is 7.86. The molecule has 0 amide bonds. The van der Waals surface area contributed by atoms with Crippen molar-refractivity contribution in [3.05, 3.63) is 72.7 Å². The molecule has 0 unspecified atom stereocenters. The Morgan fingerprint density at radius 3 is 2.18 bits per heavy atom. The van der Waals surface area contributed by atoms with Crippen LogP contribution < -0.4 is 0 Å². The molecule has 0 saturated carbocycles. The van der Waals surface area contributed by atoms with Gasteiger partial charge in [0.05, 0.1) is 0 Å². The third kappa shape index (κ3) is 3.16. The van der Waals surface area contributed by atoms with Crippen molar-refractivity contribution in [1.82, 2.24) is 0 Å². The van der Waals surface area contributed by atoms with Gasteiger partial charge in [0.2, 0.25) is 0 Å². The molecular weight excluding hydrogens is 357 g/mol. The maximum absolute atomic E-state index is 3.86. The predicted octanol–water partition coefficient (Wildman–Crippen LogP) is 4.57. The summed E-state index contributed by atoms with van der Waals surface area (Å²) in [4.78, 5) is 0. The van der Waals surface area contributed by atoms with Crippen LogP contribution in [0.25, 0.3) is 17.2 Å². The van der Waals surface area contributed by atoms with Crippen molar-refractivity contribution in [2.45, 2.75) is 6.92 Å². The second-order valence-electron chi connectivity index (χ2n) is 3.67. The molecule has 0 saturated heterocycles. The van der Waals surface area contributed by atoms with Gasteiger partial charge in [-0.05, 0) is 5.56 Å². The van der Waals surface area contributed by atoms with E-state index in [-0.39, 0.29) is 37.7 Å². The second-order valence-corrected chi connectivity index (χ2v) is 3.67. The summed E-state index contributed by atoms with van der Waals surface area (Å²) in [5, 5.41) is 0. The predicted molar refractivity (Wildman–Crippen MR) is 71.0 cm³/mol. The van der Waals surface area contributed by atoms with E-state index in [1.54, 1.807) is 0 Å². The zero-order valence-electron chi connectivity index (χ0n) is 9.78. The third-order valence-electron chi connectivity index (χ3n) is 2.74. The molecule has 91 valence electrons. The summed E-state index contributed by atoms with van der Waals surface area (Å²) in [7, 11) is 0. The quantitative estimate of drug-likeness (QED) is 0.547. The van der Waals surface area contributed by atoms with E-state index in [1.807, 2.05) is 12.1 Å². The molecule has 0 atom stereocenters. The largest absolute Gasteiger partial charge is 0.186 e. The van der Waals surface area contributed by atoms with E-state index in [0.717, 1.165) is 0 Å². The maximum Gasteiger partial charge on any atom is 0 e. The van der Waals surface area contributed by atoms with Crippen LogP contribution in [0.4, 0.5) is 0 Å². The van der Waals surface area contributed by atoms with Gasteiger partial charge in [0.25, 0.3) is 0 Å². The zero-order valence-corrected chi connectivity index (χ0v) is 11.7. The monoisotopic (exact) mass is 372 g/mol. The molecular formula is C16H15Ho-. The minimum atomic E-state index is 0. The van der Waals surface area contributed by atoms with Crippen LogP contribution in [0.2, 0.25) is 0 Å². The van der Waals surface area contributed by atoms with Crippen LogP contribution in [-0.2, 0) is 0 Å². The van der Waals surface area contributed by atoms with Crippen LogP contribution in [0.1, 0.15) is 18.1 Å². The normalized spacial score (nSPS) is 9.24. The Morgan fingerprint density at radius 1 is 0.941 bits per heavy atom. The number of benzene rings is 2. The molecule has 17 heavy (non-hydrogen) atoms. The average molecular weight is 372 g/mol. The van der Waals surface area contributed by atoms with E-state index in [0.29, 0.717) is 0 Å². The second kappa shape index (κ2) is 6.90. The summed E-state index contributed by atoms with van der Waals surface area (Å²) in [6.45, 7) is 5.93. The van der Waals surface area contributed by atoms with Gasteiger partial charge >= 0.3 is 0 Å². The van der Waals surface area contributed by atoms with E-state index in [4.69, 9.17) is 0 Å². The molecule has 0 aliphatic carbocycles. The van der Waals surface area contributed by atoms with Crippen molar-refractivity contribution in [2.24, 2.45) is 0 Å². The van der Waals surface area contributed by atoms with Gasteiger partial charge in [-0.25, -0.2) is 0 Å². The van der Waals surface area contributed by atoms with Crippen LogP contribution in [0.15, 0.2) is 55.1 Å². The first kappa shape index (κ1) is 14.4. The maximum atomic E-state index is 3.86. The van der Waals surface area contributed by atoms with Crippen LogP contribution >= 0.6 is 0 Å². The zero-order chi connectivity index (χ0) is 11.4. The van der Waals surface area contributed by atoms with Crippen LogP contribution in [-0.4, -0.2) is 0 Å². The fourth-order valence-electron chi connectivity index (χ4n) is 1.91. The summed E-state index contributed by atoms with van der Waals surface area (Å²) >= 11 is 0. The van der Waals surface area contributed by atoms with Crippen LogP contribution in [0.5, 0.6) is 0 Å². The molecule has 0 aliphatic rings. The average Bonchev–Trinajstić information content (AvgIpc) is 2.38. The van der Waals surface area contributed by atoms with Crippen molar-refractivity contribution in [1.29, 1.82) is 0 Å². The molecule has 1 radical (unpaired) electrons. The van der Waals surface area contributed by atoms with E-state index in [1.165, 1.54) is 22.3 Å². The minimum Gasteiger partial charge on any atom is -0.186 e. The first-order valence-electron chi connectivity index (χ1n) is 5.47. The van der Waals surface area contributed by atoms with Gasteiger partial charge in [-0.2, -0.15) is 18.1 Å². The summed E-state index contributed by atoms with van der Waals surface area (Å²) in [5.41, 5.74) is 4.94. The van der Waals surface area contributed by atoms with E-state index in [2.05, 4.69) is 62.4 Å². The molecule has 0 aliphatic heterocycles. The SMILES string of the molecule is C=Cc1ccccc1-c1ccccc1[CH-]C.[Ho]. The Bertz CT molecular complexity index is 500. The molecule has 0 aromatic heterocycles. The molecule has 0 fully saturated rings. The Kier molecular flexibility index (Phi) is 5.84. The summed E-state index contributed by atoms with van der Waals surface area (Å²) in [6.07, 6.45) is 4.04. The Hall–Kier alpha value is -0.690. The molecule has 0 nitrogen and oxygen atoms in total. The third-order valence-corrected chi connectivity index (χ3v) is 2.74. The summed E-state index contributed by atoms with van der Waals surface area (Å²) in [5.74, 6) is 0. The van der Waals surface area contributed by atoms with Gasteiger partial charge in [0.1, 0.15) is 0 Å². The Balaban J connectivity index is 0.00000144. The molecule has 2 aromatic rings. The van der Waals surface area contributed by atoms with Crippen molar-refractivity contribution >= 4 is 6.08 Å². The van der Waals surface area contributed by atoms with Gasteiger partial charge in [-0.1, -0.05) is 55.5 Å². The molecule has 1 heteroatoms. The summed E-state index contributed by atoms with van der Waals surface area (Å²) < 4.78 is 0. The van der Waals surface area contributed by atoms with E-state index < -0.39 is 0 Å². The fourth-order valence-corrected chi connectivity index (χ4v) is 1.91. The van der Waals surface area contributed by atoms with Crippen LogP contribution in [0.3, 0.4) is 0 Å². The number of rotatable bonds is 3. The number of hydrogen-bond acceptors (Lipinski definition) is 0. The fraction of sp³-hybridized carbons (Fsp3) is 0.0625. The van der Waals surface area contributed by atoms with Crippen molar-refractivity contribution in [2.75, 3.05) is 0 Å². The van der Waals surface area contributed by atoms with Gasteiger partial charge in [0, 0.05) is 37.7 Å². The topological polar surface area (TPSA) is 0 Å². The molecule has 0 heterocycles. The first-order valence-corrected chi connectivity index (χ1v) is 5.47. The summed E-state index contributed by atoms with van der Waals surface area (Å²) in [6, 6.07) is 16.8. The minimum absolute atomic E-state index is 0. The molecule has 2 rings (SSSR count). The smallest absolute Gasteiger partial charge is 0 e. The van der Waals surface area contributed by atoms with E-state index >= 15 is 0 Å². The number of hydrogen-bond donors (Lipinski definition) is 0. The van der Waals surface area contributed by atoms with Gasteiger partial charge in [-0.15, -0.1) is 17.7 Å². The van der Waals surface area contributed by atoms with Gasteiger partial charge in [0.15, 0.2) is 0 Å². The van der Waals surface area contributed by atoms with E-state index in [9.17, 15) is 0 Å². The van der Waals surface area contributed by atoms with Crippen LogP contribution in [0, 0.1) is 44.2 Å². The van der Waals surface area contributed by atoms with Gasteiger partial charge in [-0.3, -0.25) is 0 Å². The molecule has 0 bridgehead atoms. The molecule has 0 N–H and O–H groups in total. The van der Waals surface area contributed by atoms with Crippen molar-refractivity contribution in [3.63, 3.8) is 0 Å². The molecule has 0 spiro atoms. The Morgan fingerprint density at radius 2 is 1.53 bits per heavy atom. The van der Waals surface area contributed by atoms with Crippen molar-refractivity contribution < 1.29 is 37.7 Å². The molecule has 2 aromatic carbocycles. The standard InChI is InChI=1S/C16H15.Ho/c1-3-13-9-5-7-11-15(13)16-12-8-6-10-14(16)4-2;/h3-12H,1H2,2H3;/q-1;. The Labute approximate surface area is 133 Å². The van der Waals surface area contributed by atoms with Gasteiger partial charge < -0.3 is 0 Å². The van der Waals surface area contributed by atoms with Crippen molar-refractivity contribution in [3.8, 4) is 11.1 Å².